The van der Waals surface area contributed by atoms with Gasteiger partial charge in [0, 0.05) is 42.4 Å². The van der Waals surface area contributed by atoms with Crippen LogP contribution >= 0.6 is 0 Å². The van der Waals surface area contributed by atoms with Crippen LogP contribution in [-0.4, -0.2) is 62.8 Å². The van der Waals surface area contributed by atoms with Crippen LogP contribution in [0.15, 0.2) is 97.3 Å². The Balaban J connectivity index is 0.986. The Labute approximate surface area is 330 Å². The van der Waals surface area contributed by atoms with Crippen LogP contribution in [-0.2, 0) is 21.0 Å². The molecule has 0 bridgehead atoms. The molecule has 0 spiro atoms. The summed E-state index contributed by atoms with van der Waals surface area (Å²) in [6.07, 6.45) is 22.6. The number of aromatic nitrogens is 2. The first-order valence-electron chi connectivity index (χ1n) is 19.9. The minimum atomic E-state index is -0.557. The summed E-state index contributed by atoms with van der Waals surface area (Å²) in [5.41, 5.74) is 6.36. The maximum absolute atomic E-state index is 13.5. The summed E-state index contributed by atoms with van der Waals surface area (Å²) in [5.74, 6) is -0.512. The third-order valence-corrected chi connectivity index (χ3v) is 9.99. The van der Waals surface area contributed by atoms with E-state index in [0.29, 0.717) is 37.5 Å². The molecule has 0 unspecified atom stereocenters. The number of hydrogen-bond acceptors (Lipinski definition) is 7. The second-order valence-corrected chi connectivity index (χ2v) is 14.1. The number of anilines is 2. The van der Waals surface area contributed by atoms with Gasteiger partial charge in [0.2, 0.25) is 11.8 Å². The van der Waals surface area contributed by atoms with E-state index in [-0.39, 0.29) is 23.8 Å². The van der Waals surface area contributed by atoms with E-state index < -0.39 is 6.04 Å². The summed E-state index contributed by atoms with van der Waals surface area (Å²) in [6.45, 7) is 5.77. The summed E-state index contributed by atoms with van der Waals surface area (Å²) >= 11 is 0. The molecule has 0 saturated carbocycles. The zero-order chi connectivity index (χ0) is 39.1. The smallest absolute Gasteiger partial charge is 0.273 e. The van der Waals surface area contributed by atoms with E-state index in [1.165, 1.54) is 0 Å². The molecule has 2 saturated heterocycles. The number of nitrogens with zero attached hydrogens (tertiary/aromatic N) is 4. The van der Waals surface area contributed by atoms with Crippen LogP contribution < -0.4 is 10.6 Å². The van der Waals surface area contributed by atoms with Crippen LogP contribution in [0.2, 0.25) is 0 Å². The quantitative estimate of drug-likeness (QED) is 0.110. The Kier molecular flexibility index (Phi) is 14.5. The van der Waals surface area contributed by atoms with Crippen molar-refractivity contribution in [2.24, 2.45) is 0 Å². The molecule has 290 valence electrons. The second kappa shape index (κ2) is 20.3. The highest BCUT2D eigenvalue weighted by Gasteiger charge is 2.36. The van der Waals surface area contributed by atoms with Gasteiger partial charge in [-0.05, 0) is 91.6 Å². The van der Waals surface area contributed by atoms with Crippen molar-refractivity contribution in [3.63, 3.8) is 0 Å². The normalized spacial score (nSPS) is 17.4. The summed E-state index contributed by atoms with van der Waals surface area (Å²) in [5, 5.41) is 7.85. The van der Waals surface area contributed by atoms with Gasteiger partial charge >= 0.3 is 0 Å². The van der Waals surface area contributed by atoms with Crippen LogP contribution in [0.4, 0.5) is 11.4 Å². The number of carbonyl (C=O) groups is 3. The number of rotatable bonds is 16. The number of allylic oxidation sites excluding steroid dienone is 2. The molecule has 2 atom stereocenters. The van der Waals surface area contributed by atoms with Gasteiger partial charge in [0.15, 0.2) is 0 Å². The van der Waals surface area contributed by atoms with Crippen LogP contribution in [0.5, 0.6) is 0 Å². The lowest BCUT2D eigenvalue weighted by Gasteiger charge is -2.24. The zero-order valence-corrected chi connectivity index (χ0v) is 32.4. The molecule has 10 heteroatoms. The summed E-state index contributed by atoms with van der Waals surface area (Å²) < 4.78 is 0. The van der Waals surface area contributed by atoms with Gasteiger partial charge in [0.1, 0.15) is 24.4 Å². The lowest BCUT2D eigenvalue weighted by Crippen LogP contribution is -2.43. The molecule has 0 aliphatic carbocycles. The van der Waals surface area contributed by atoms with Gasteiger partial charge in [-0.15, -0.1) is 0 Å². The molecule has 10 nitrogen and oxygen atoms in total. The minimum Gasteiger partial charge on any atom is -0.325 e. The number of unbranched alkanes of at least 4 members (excludes halogenated alkanes) is 2. The Morgan fingerprint density at radius 3 is 1.89 bits per heavy atom. The third-order valence-electron chi connectivity index (χ3n) is 9.99. The number of carbonyl (C=O) groups excluding carboxylic acids is 3. The first-order chi connectivity index (χ1) is 27.4. The average Bonchev–Trinajstić information content (AvgIpc) is 3.92. The van der Waals surface area contributed by atoms with Gasteiger partial charge in [-0.2, -0.15) is 5.06 Å². The molecule has 6 rings (SSSR count). The van der Waals surface area contributed by atoms with Crippen molar-refractivity contribution in [3.05, 3.63) is 131 Å². The predicted molar refractivity (Wildman–Crippen MR) is 224 cm³/mol. The van der Waals surface area contributed by atoms with E-state index in [4.69, 9.17) is 4.84 Å². The van der Waals surface area contributed by atoms with Crippen molar-refractivity contribution in [2.45, 2.75) is 83.9 Å². The van der Waals surface area contributed by atoms with Gasteiger partial charge < -0.3 is 15.5 Å². The molecule has 2 aliphatic heterocycles. The van der Waals surface area contributed by atoms with Crippen LogP contribution in [0.25, 0.3) is 24.3 Å². The molecule has 0 radical (unpaired) electrons. The Hall–Kier alpha value is -5.71. The van der Waals surface area contributed by atoms with Crippen molar-refractivity contribution in [1.82, 2.24) is 19.9 Å². The highest BCUT2D eigenvalue weighted by molar-refractivity contribution is 6.02. The number of amides is 3. The predicted octanol–water partition coefficient (Wildman–Crippen LogP) is 9.05. The van der Waals surface area contributed by atoms with Crippen LogP contribution in [0.3, 0.4) is 0 Å². The number of likely N-dealkylation sites (tertiary alicyclic amines) is 1. The van der Waals surface area contributed by atoms with E-state index in [9.17, 15) is 14.4 Å². The third kappa shape index (κ3) is 10.7. The fourth-order valence-electron chi connectivity index (χ4n) is 6.93. The molecule has 4 aromatic rings. The summed E-state index contributed by atoms with van der Waals surface area (Å²) in [7, 11) is 0. The highest BCUT2D eigenvalue weighted by atomic mass is 16.7. The molecular formula is C46H52N6O4. The van der Waals surface area contributed by atoms with Gasteiger partial charge in [-0.25, -0.2) is 0 Å². The number of benzene rings is 2. The van der Waals surface area contributed by atoms with E-state index in [0.717, 1.165) is 78.6 Å². The maximum atomic E-state index is 13.5. The Bertz CT molecular complexity index is 2020. The molecule has 2 N–H and O–H groups in total. The second-order valence-electron chi connectivity index (χ2n) is 14.1. The molecule has 56 heavy (non-hydrogen) atoms. The lowest BCUT2D eigenvalue weighted by atomic mass is 10.1. The number of hydroxylamine groups is 2. The lowest BCUT2D eigenvalue weighted by molar-refractivity contribution is -0.182. The fourth-order valence-corrected chi connectivity index (χ4v) is 6.93. The fraction of sp³-hybridized carbons (Fsp3) is 0.326. The topological polar surface area (TPSA) is 117 Å². The molecule has 2 aromatic carbocycles. The van der Waals surface area contributed by atoms with Crippen molar-refractivity contribution < 1.29 is 19.2 Å². The van der Waals surface area contributed by atoms with E-state index in [1.807, 2.05) is 97.1 Å². The van der Waals surface area contributed by atoms with Crippen molar-refractivity contribution in [3.8, 4) is 0 Å². The molecule has 2 aliphatic rings. The van der Waals surface area contributed by atoms with Gasteiger partial charge in [0.25, 0.3) is 5.91 Å². The standard InChI is InChI=1S/C46H52N6O4/c1-3-5-7-13-36-15-9-29-47-40(36)33-56-52-32-12-18-42(52)45(54)50-39-27-23-35(24-28-39)20-19-34-21-25-38(26-22-34)49-44(53)41-17-11-31-51(41)46(55)43-37(14-8-6-4-2)16-10-30-48-43/h7-10,13-16,19-30,41-42H,3-6,11-12,17-18,31-33H2,1-2H3,(H,49,53)(H,50,54)/b13-7+,14-8+,20-19+/t41-,42-/m0/s1. The SMILES string of the molecule is CCC/C=C/c1cccnc1CON1CCC[C@H]1C(=O)Nc1ccc(/C=C/c2ccc(NC(=O)[C@@H]3CCCN3C(=O)c3ncccc3/C=C/CCC)cc2)cc1. The first kappa shape index (κ1) is 40.0. The van der Waals surface area contributed by atoms with E-state index in [1.54, 1.807) is 22.4 Å². The Morgan fingerprint density at radius 2 is 1.25 bits per heavy atom. The number of pyridine rings is 2. The van der Waals surface area contributed by atoms with E-state index in [2.05, 4.69) is 46.6 Å². The molecule has 3 amide bonds. The van der Waals surface area contributed by atoms with Gasteiger partial charge in [-0.1, -0.05) is 99.5 Å². The largest absolute Gasteiger partial charge is 0.325 e. The molecule has 4 heterocycles. The Morgan fingerprint density at radius 1 is 0.696 bits per heavy atom. The van der Waals surface area contributed by atoms with Gasteiger partial charge in [0.05, 0.1) is 5.69 Å². The van der Waals surface area contributed by atoms with Crippen LogP contribution in [0.1, 0.15) is 104 Å². The number of nitrogens with one attached hydrogen (secondary N) is 2. The van der Waals surface area contributed by atoms with Crippen molar-refractivity contribution in [1.29, 1.82) is 0 Å². The van der Waals surface area contributed by atoms with Crippen molar-refractivity contribution in [2.75, 3.05) is 23.7 Å². The monoisotopic (exact) mass is 752 g/mol. The minimum absolute atomic E-state index is 0.0909. The maximum Gasteiger partial charge on any atom is 0.273 e. The first-order valence-corrected chi connectivity index (χ1v) is 19.9. The highest BCUT2D eigenvalue weighted by Crippen LogP contribution is 2.25. The zero-order valence-electron chi connectivity index (χ0n) is 32.4. The van der Waals surface area contributed by atoms with E-state index >= 15 is 0 Å². The number of hydrogen-bond donors (Lipinski definition) is 2. The average molecular weight is 753 g/mol. The van der Waals surface area contributed by atoms with Crippen LogP contribution in [0, 0.1) is 0 Å². The summed E-state index contributed by atoms with van der Waals surface area (Å²) in [6, 6.07) is 22.1. The molecule has 2 aromatic heterocycles. The van der Waals surface area contributed by atoms with Gasteiger partial charge in [-0.3, -0.25) is 29.2 Å². The molecule has 2 fully saturated rings. The summed E-state index contributed by atoms with van der Waals surface area (Å²) in [4.78, 5) is 56.9. The van der Waals surface area contributed by atoms with Crippen molar-refractivity contribution >= 4 is 53.4 Å². The molecular weight excluding hydrogens is 701 g/mol.